The van der Waals surface area contributed by atoms with Crippen LogP contribution in [0.1, 0.15) is 40.2 Å². The van der Waals surface area contributed by atoms with Crippen molar-refractivity contribution < 1.29 is 18.8 Å². The van der Waals surface area contributed by atoms with Crippen molar-refractivity contribution in [1.82, 2.24) is 4.98 Å². The van der Waals surface area contributed by atoms with Crippen LogP contribution in [-0.4, -0.2) is 41.3 Å². The molecule has 2 rings (SSSR count). The molecular weight excluding hydrogens is 325 g/mol. The van der Waals surface area contributed by atoms with Gasteiger partial charge in [0, 0.05) is 24.9 Å². The molecule has 1 saturated heterocycles. The highest BCUT2D eigenvalue weighted by Gasteiger charge is 2.52. The van der Waals surface area contributed by atoms with Crippen LogP contribution in [0, 0.1) is 0 Å². The van der Waals surface area contributed by atoms with Crippen LogP contribution in [0.25, 0.3) is 6.08 Å². The Bertz CT molecular complexity index is 612. The van der Waals surface area contributed by atoms with Gasteiger partial charge in [-0.05, 0) is 44.8 Å². The van der Waals surface area contributed by atoms with E-state index in [1.165, 1.54) is 11.8 Å². The molecule has 1 aromatic heterocycles. The summed E-state index contributed by atoms with van der Waals surface area (Å²) >= 11 is 1.24. The summed E-state index contributed by atoms with van der Waals surface area (Å²) in [6.45, 7) is 9.60. The van der Waals surface area contributed by atoms with Gasteiger partial charge in [0.1, 0.15) is 0 Å². The van der Waals surface area contributed by atoms with E-state index in [-0.39, 0.29) is 5.12 Å². The second-order valence-corrected chi connectivity index (χ2v) is 7.87. The van der Waals surface area contributed by atoms with Crippen LogP contribution < -0.4 is 4.74 Å². The number of rotatable bonds is 5. The van der Waals surface area contributed by atoms with Gasteiger partial charge in [-0.3, -0.25) is 4.79 Å². The molecule has 5 nitrogen and oxygen atoms in total. The van der Waals surface area contributed by atoms with Crippen LogP contribution >= 0.6 is 11.8 Å². The van der Waals surface area contributed by atoms with E-state index in [2.05, 4.69) is 4.98 Å². The number of hydrogen-bond donors (Lipinski definition) is 0. The smallest absolute Gasteiger partial charge is 0.481 e. The van der Waals surface area contributed by atoms with Crippen LogP contribution in [0.5, 0.6) is 5.88 Å². The molecule has 24 heavy (non-hydrogen) atoms. The highest BCUT2D eigenvalue weighted by Crippen LogP contribution is 2.39. The first-order chi connectivity index (χ1) is 11.1. The fraction of sp³-hybridized carbons (Fsp3) is 0.529. The molecule has 0 bridgehead atoms. The Labute approximate surface area is 148 Å². The Hall–Kier alpha value is -1.31. The number of thioether (sulfide) groups is 1. The van der Waals surface area contributed by atoms with Crippen LogP contribution in [0.2, 0.25) is 0 Å². The highest BCUT2D eigenvalue weighted by molar-refractivity contribution is 8.13. The van der Waals surface area contributed by atoms with Gasteiger partial charge >= 0.3 is 7.12 Å². The second-order valence-electron chi connectivity index (χ2n) is 6.72. The van der Waals surface area contributed by atoms with E-state index < -0.39 is 18.3 Å². The lowest BCUT2D eigenvalue weighted by molar-refractivity contribution is -0.109. The van der Waals surface area contributed by atoms with E-state index in [1.54, 1.807) is 26.3 Å². The molecule has 0 radical (unpaired) electrons. The van der Waals surface area contributed by atoms with Crippen molar-refractivity contribution in [2.24, 2.45) is 0 Å². The van der Waals surface area contributed by atoms with E-state index in [0.717, 1.165) is 11.0 Å². The van der Waals surface area contributed by atoms with Gasteiger partial charge in [-0.2, -0.15) is 0 Å². The summed E-state index contributed by atoms with van der Waals surface area (Å²) in [5.41, 5.74) is 0.969. The second kappa shape index (κ2) is 7.29. The molecule has 0 aromatic carbocycles. The minimum absolute atomic E-state index is 0.0604. The number of pyridine rings is 1. The predicted molar refractivity (Wildman–Crippen MR) is 98.0 cm³/mol. The molecule has 0 spiro atoms. The number of carbonyl (C=O) groups is 1. The number of nitrogens with zero attached hydrogens (tertiary/aromatic N) is 1. The van der Waals surface area contributed by atoms with Crippen molar-refractivity contribution in [3.63, 3.8) is 0 Å². The van der Waals surface area contributed by atoms with E-state index in [4.69, 9.17) is 14.0 Å². The highest BCUT2D eigenvalue weighted by atomic mass is 32.2. The van der Waals surface area contributed by atoms with Gasteiger partial charge in [0.25, 0.3) is 0 Å². The molecule has 1 aliphatic rings. The zero-order valence-corrected chi connectivity index (χ0v) is 15.9. The quantitative estimate of drug-likeness (QED) is 0.760. The summed E-state index contributed by atoms with van der Waals surface area (Å²) in [5, 5.41) is 0.0604. The minimum atomic E-state index is -0.482. The van der Waals surface area contributed by atoms with Crippen LogP contribution in [0.3, 0.4) is 0 Å². The Kier molecular flexibility index (Phi) is 5.78. The number of ether oxygens (including phenoxy) is 1. The zero-order valence-electron chi connectivity index (χ0n) is 15.1. The molecule has 0 amide bonds. The molecule has 0 aliphatic carbocycles. The first-order valence-corrected chi connectivity index (χ1v) is 8.83. The Morgan fingerprint density at radius 2 is 1.92 bits per heavy atom. The summed E-state index contributed by atoms with van der Waals surface area (Å²) in [5.74, 6) is 1.07. The fourth-order valence-electron chi connectivity index (χ4n) is 2.17. The van der Waals surface area contributed by atoms with E-state index >= 15 is 0 Å². The molecule has 1 fully saturated rings. The third kappa shape index (κ3) is 4.40. The SMILES string of the molecule is COc1ccc(C=C(CSC(C)=O)B2OC(C)(C)C(C)(C)O2)cn1. The first-order valence-electron chi connectivity index (χ1n) is 7.84. The molecule has 0 unspecified atom stereocenters. The topological polar surface area (TPSA) is 57.7 Å². The standard InChI is InChI=1S/C17H24BNO4S/c1-12(20)24-11-14(9-13-7-8-15(21-6)19-10-13)18-22-16(2,3)17(4,5)23-18/h7-10H,11H2,1-6H3. The normalized spacial score (nSPS) is 19.4. The molecule has 0 N–H and O–H groups in total. The van der Waals surface area contributed by atoms with Gasteiger partial charge in [-0.1, -0.05) is 17.8 Å². The largest absolute Gasteiger partial charge is 0.491 e. The molecular formula is C17H24BNO4S. The van der Waals surface area contributed by atoms with Crippen LogP contribution in [-0.2, 0) is 14.1 Å². The summed E-state index contributed by atoms with van der Waals surface area (Å²) in [6, 6.07) is 3.71. The maximum atomic E-state index is 11.4. The van der Waals surface area contributed by atoms with Gasteiger partial charge in [0.05, 0.1) is 18.3 Å². The van der Waals surface area contributed by atoms with Crippen molar-refractivity contribution in [2.45, 2.75) is 45.8 Å². The Morgan fingerprint density at radius 1 is 1.29 bits per heavy atom. The molecule has 2 heterocycles. The predicted octanol–water partition coefficient (Wildman–Crippen LogP) is 3.38. The number of methoxy groups -OCH3 is 1. The van der Waals surface area contributed by atoms with Crippen molar-refractivity contribution in [3.05, 3.63) is 29.4 Å². The van der Waals surface area contributed by atoms with Gasteiger partial charge in [0.2, 0.25) is 5.88 Å². The van der Waals surface area contributed by atoms with E-state index in [9.17, 15) is 4.79 Å². The average molecular weight is 349 g/mol. The Morgan fingerprint density at radius 3 is 2.38 bits per heavy atom. The van der Waals surface area contributed by atoms with Crippen LogP contribution in [0.4, 0.5) is 0 Å². The number of carbonyl (C=O) groups excluding carboxylic acids is 1. The maximum Gasteiger partial charge on any atom is 0.491 e. The summed E-state index contributed by atoms with van der Waals surface area (Å²) in [6.07, 6.45) is 3.69. The number of hydrogen-bond acceptors (Lipinski definition) is 6. The molecule has 0 atom stereocenters. The van der Waals surface area contributed by atoms with Crippen molar-refractivity contribution in [3.8, 4) is 5.88 Å². The minimum Gasteiger partial charge on any atom is -0.481 e. The average Bonchev–Trinajstić information content (AvgIpc) is 2.72. The number of aromatic nitrogens is 1. The summed E-state index contributed by atoms with van der Waals surface area (Å²) in [4.78, 5) is 15.6. The zero-order chi connectivity index (χ0) is 18.0. The van der Waals surface area contributed by atoms with Gasteiger partial charge in [-0.15, -0.1) is 0 Å². The van der Waals surface area contributed by atoms with E-state index in [1.807, 2.05) is 39.8 Å². The first kappa shape index (κ1) is 19.0. The van der Waals surface area contributed by atoms with E-state index in [0.29, 0.717) is 11.6 Å². The van der Waals surface area contributed by atoms with Gasteiger partial charge in [-0.25, -0.2) is 4.98 Å². The van der Waals surface area contributed by atoms with Crippen molar-refractivity contribution in [2.75, 3.05) is 12.9 Å². The summed E-state index contributed by atoms with van der Waals surface area (Å²) < 4.78 is 17.3. The monoisotopic (exact) mass is 349 g/mol. The van der Waals surface area contributed by atoms with Gasteiger partial charge < -0.3 is 14.0 Å². The molecule has 1 aliphatic heterocycles. The lowest BCUT2D eigenvalue weighted by Gasteiger charge is -2.32. The third-order valence-corrected chi connectivity index (χ3v) is 5.20. The Balaban J connectivity index is 2.27. The van der Waals surface area contributed by atoms with Crippen molar-refractivity contribution >= 4 is 30.1 Å². The maximum absolute atomic E-state index is 11.4. The van der Waals surface area contributed by atoms with Gasteiger partial charge in [0.15, 0.2) is 5.12 Å². The lowest BCUT2D eigenvalue weighted by Crippen LogP contribution is -2.41. The lowest BCUT2D eigenvalue weighted by atomic mass is 9.78. The fourth-order valence-corrected chi connectivity index (χ4v) is 2.76. The molecule has 0 saturated carbocycles. The van der Waals surface area contributed by atoms with Crippen molar-refractivity contribution in [1.29, 1.82) is 0 Å². The third-order valence-electron chi connectivity index (χ3n) is 4.32. The molecule has 130 valence electrons. The summed E-state index contributed by atoms with van der Waals surface area (Å²) in [7, 11) is 1.10. The molecule has 1 aromatic rings. The van der Waals surface area contributed by atoms with Crippen LogP contribution in [0.15, 0.2) is 23.8 Å². The molecule has 7 heteroatoms.